The largest absolute Gasteiger partial charge is 0.493 e. The van der Waals surface area contributed by atoms with Gasteiger partial charge in [0.1, 0.15) is 5.75 Å². The zero-order chi connectivity index (χ0) is 16.1. The zero-order valence-electron chi connectivity index (χ0n) is 13.9. The van der Waals surface area contributed by atoms with Gasteiger partial charge < -0.3 is 20.5 Å². The predicted molar refractivity (Wildman–Crippen MR) is 91.7 cm³/mol. The van der Waals surface area contributed by atoms with Gasteiger partial charge in [0.2, 0.25) is 0 Å². The van der Waals surface area contributed by atoms with Gasteiger partial charge in [-0.15, -0.1) is 0 Å². The molecule has 0 bridgehead atoms. The minimum absolute atomic E-state index is 0.181. The van der Waals surface area contributed by atoms with Gasteiger partial charge in [0.15, 0.2) is 5.96 Å². The van der Waals surface area contributed by atoms with Gasteiger partial charge in [0.05, 0.1) is 12.6 Å². The lowest BCUT2D eigenvalue weighted by Crippen LogP contribution is -2.40. The SMILES string of the molecule is COCCC1(CN=C(N)NC2CCOc3ccccc32)CCC1. The van der Waals surface area contributed by atoms with Crippen LogP contribution in [0.5, 0.6) is 5.75 Å². The maximum atomic E-state index is 6.14. The first-order valence-electron chi connectivity index (χ1n) is 8.50. The number of fused-ring (bicyclic) bond motifs is 1. The molecular weight excluding hydrogens is 290 g/mol. The molecule has 1 unspecified atom stereocenters. The third-order valence-corrected chi connectivity index (χ3v) is 5.12. The molecule has 0 aromatic heterocycles. The highest BCUT2D eigenvalue weighted by Crippen LogP contribution is 2.44. The minimum Gasteiger partial charge on any atom is -0.493 e. The van der Waals surface area contributed by atoms with Crippen LogP contribution in [0.2, 0.25) is 0 Å². The molecule has 0 saturated heterocycles. The summed E-state index contributed by atoms with van der Waals surface area (Å²) in [4.78, 5) is 4.63. The van der Waals surface area contributed by atoms with Crippen LogP contribution in [-0.4, -0.2) is 32.8 Å². The number of aliphatic imine (C=N–C) groups is 1. The van der Waals surface area contributed by atoms with E-state index in [0.717, 1.165) is 37.3 Å². The fourth-order valence-electron chi connectivity index (χ4n) is 3.45. The van der Waals surface area contributed by atoms with Gasteiger partial charge in [-0.25, -0.2) is 0 Å². The Morgan fingerprint density at radius 2 is 2.26 bits per heavy atom. The molecule has 5 heteroatoms. The normalized spacial score (nSPS) is 22.7. The molecule has 1 aliphatic heterocycles. The second-order valence-corrected chi connectivity index (χ2v) is 6.67. The van der Waals surface area contributed by atoms with Crippen molar-refractivity contribution in [3.8, 4) is 5.75 Å². The summed E-state index contributed by atoms with van der Waals surface area (Å²) in [7, 11) is 1.76. The van der Waals surface area contributed by atoms with Crippen LogP contribution in [0.4, 0.5) is 0 Å². The van der Waals surface area contributed by atoms with Gasteiger partial charge in [0, 0.05) is 32.2 Å². The monoisotopic (exact) mass is 317 g/mol. The van der Waals surface area contributed by atoms with Crippen molar-refractivity contribution >= 4 is 5.96 Å². The van der Waals surface area contributed by atoms with Gasteiger partial charge >= 0.3 is 0 Å². The van der Waals surface area contributed by atoms with E-state index < -0.39 is 0 Å². The summed E-state index contributed by atoms with van der Waals surface area (Å²) in [5.41, 5.74) is 7.61. The molecule has 3 N–H and O–H groups in total. The Morgan fingerprint density at radius 1 is 1.43 bits per heavy atom. The Bertz CT molecular complexity index is 555. The first-order valence-corrected chi connectivity index (χ1v) is 8.50. The van der Waals surface area contributed by atoms with E-state index in [0.29, 0.717) is 18.0 Å². The van der Waals surface area contributed by atoms with Gasteiger partial charge in [-0.1, -0.05) is 24.6 Å². The number of nitrogens with two attached hydrogens (primary N) is 1. The van der Waals surface area contributed by atoms with Gasteiger partial charge in [-0.05, 0) is 30.7 Å². The Balaban J connectivity index is 1.60. The number of hydrogen-bond acceptors (Lipinski definition) is 3. The number of nitrogens with zero attached hydrogens (tertiary/aromatic N) is 1. The summed E-state index contributed by atoms with van der Waals surface area (Å²) in [6, 6.07) is 8.30. The highest BCUT2D eigenvalue weighted by molar-refractivity contribution is 5.78. The lowest BCUT2D eigenvalue weighted by atomic mass is 9.67. The average Bonchev–Trinajstić information content (AvgIpc) is 2.54. The Labute approximate surface area is 138 Å². The molecule has 1 saturated carbocycles. The molecule has 0 amide bonds. The number of para-hydroxylation sites is 1. The van der Waals surface area contributed by atoms with E-state index in [1.165, 1.54) is 19.3 Å². The summed E-state index contributed by atoms with van der Waals surface area (Å²) in [5, 5.41) is 3.37. The van der Waals surface area contributed by atoms with Crippen molar-refractivity contribution in [1.82, 2.24) is 5.32 Å². The van der Waals surface area contributed by atoms with E-state index in [1.807, 2.05) is 18.2 Å². The number of guanidine groups is 1. The first kappa shape index (κ1) is 16.1. The number of benzene rings is 1. The van der Waals surface area contributed by atoms with Crippen molar-refractivity contribution in [2.24, 2.45) is 16.1 Å². The van der Waals surface area contributed by atoms with Crippen LogP contribution in [0.15, 0.2) is 29.3 Å². The molecule has 0 spiro atoms. The second-order valence-electron chi connectivity index (χ2n) is 6.67. The fourth-order valence-corrected chi connectivity index (χ4v) is 3.45. The third-order valence-electron chi connectivity index (χ3n) is 5.12. The van der Waals surface area contributed by atoms with Gasteiger partial charge in [0.25, 0.3) is 0 Å². The second kappa shape index (κ2) is 7.21. The Morgan fingerprint density at radius 3 is 3.00 bits per heavy atom. The van der Waals surface area contributed by atoms with Crippen molar-refractivity contribution in [1.29, 1.82) is 0 Å². The number of hydrogen-bond donors (Lipinski definition) is 2. The molecule has 23 heavy (non-hydrogen) atoms. The molecule has 5 nitrogen and oxygen atoms in total. The maximum Gasteiger partial charge on any atom is 0.189 e. The van der Waals surface area contributed by atoms with Crippen LogP contribution in [0.3, 0.4) is 0 Å². The molecule has 1 fully saturated rings. The predicted octanol–water partition coefficient (Wildman–Crippen LogP) is 2.62. The summed E-state index contributed by atoms with van der Waals surface area (Å²) in [6.45, 7) is 2.30. The Kier molecular flexibility index (Phi) is 5.06. The molecule has 1 atom stereocenters. The van der Waals surface area contributed by atoms with Crippen molar-refractivity contribution in [3.63, 3.8) is 0 Å². The molecule has 2 aliphatic rings. The molecule has 1 heterocycles. The summed E-state index contributed by atoms with van der Waals surface area (Å²) < 4.78 is 10.9. The number of methoxy groups -OCH3 is 1. The van der Waals surface area contributed by atoms with E-state index in [9.17, 15) is 0 Å². The van der Waals surface area contributed by atoms with E-state index in [4.69, 9.17) is 15.2 Å². The summed E-state index contributed by atoms with van der Waals surface area (Å²) >= 11 is 0. The van der Waals surface area contributed by atoms with Crippen LogP contribution in [-0.2, 0) is 4.74 Å². The first-order chi connectivity index (χ1) is 11.2. The van der Waals surface area contributed by atoms with E-state index in [1.54, 1.807) is 7.11 Å². The highest BCUT2D eigenvalue weighted by atomic mass is 16.5. The number of rotatable bonds is 6. The van der Waals surface area contributed by atoms with Crippen molar-refractivity contribution in [2.45, 2.75) is 38.1 Å². The van der Waals surface area contributed by atoms with E-state index in [2.05, 4.69) is 16.4 Å². The fraction of sp³-hybridized carbons (Fsp3) is 0.611. The standard InChI is InChI=1S/C18H27N3O2/c1-22-12-10-18(8-4-9-18)13-20-17(19)21-15-7-11-23-16-6-3-2-5-14(15)16/h2-3,5-6,15H,4,7-13H2,1H3,(H3,19,20,21). The van der Waals surface area contributed by atoms with E-state index in [-0.39, 0.29) is 6.04 Å². The summed E-state index contributed by atoms with van der Waals surface area (Å²) in [6.07, 6.45) is 5.73. The zero-order valence-corrected chi connectivity index (χ0v) is 13.9. The van der Waals surface area contributed by atoms with Crippen molar-refractivity contribution in [2.75, 3.05) is 26.9 Å². The Hall–Kier alpha value is -1.75. The molecule has 1 aliphatic carbocycles. The van der Waals surface area contributed by atoms with Crippen LogP contribution in [0, 0.1) is 5.41 Å². The highest BCUT2D eigenvalue weighted by Gasteiger charge is 2.36. The molecule has 1 aromatic rings. The van der Waals surface area contributed by atoms with Crippen LogP contribution in [0.1, 0.15) is 43.7 Å². The quantitative estimate of drug-likeness (QED) is 0.625. The average molecular weight is 317 g/mol. The minimum atomic E-state index is 0.181. The van der Waals surface area contributed by atoms with Crippen LogP contribution in [0.25, 0.3) is 0 Å². The lowest BCUT2D eigenvalue weighted by molar-refractivity contribution is 0.0779. The van der Waals surface area contributed by atoms with Crippen LogP contribution >= 0.6 is 0 Å². The smallest absolute Gasteiger partial charge is 0.189 e. The number of nitrogens with one attached hydrogen (secondary N) is 1. The lowest BCUT2D eigenvalue weighted by Gasteiger charge is -2.40. The topological polar surface area (TPSA) is 68.9 Å². The summed E-state index contributed by atoms with van der Waals surface area (Å²) in [5.74, 6) is 1.48. The van der Waals surface area contributed by atoms with Crippen LogP contribution < -0.4 is 15.8 Å². The molecular formula is C18H27N3O2. The maximum absolute atomic E-state index is 6.14. The number of ether oxygens (including phenoxy) is 2. The molecule has 3 rings (SSSR count). The molecule has 126 valence electrons. The van der Waals surface area contributed by atoms with Gasteiger partial charge in [-0.2, -0.15) is 0 Å². The molecule has 0 radical (unpaired) electrons. The third kappa shape index (κ3) is 3.78. The molecule has 1 aromatic carbocycles. The van der Waals surface area contributed by atoms with Crippen molar-refractivity contribution in [3.05, 3.63) is 29.8 Å². The van der Waals surface area contributed by atoms with Gasteiger partial charge in [-0.3, -0.25) is 4.99 Å². The van der Waals surface area contributed by atoms with E-state index >= 15 is 0 Å². The van der Waals surface area contributed by atoms with Crippen molar-refractivity contribution < 1.29 is 9.47 Å².